The molecule has 2 heterocycles. The van der Waals surface area contributed by atoms with E-state index in [1.807, 2.05) is 42.5 Å². The number of benzene rings is 2. The number of fused-ring (bicyclic) bond motifs is 2. The molecule has 6 rings (SSSR count). The van der Waals surface area contributed by atoms with Gasteiger partial charge in [-0.05, 0) is 74.0 Å². The van der Waals surface area contributed by atoms with Gasteiger partial charge < -0.3 is 18.9 Å². The molecule has 3 aromatic rings. The van der Waals surface area contributed by atoms with E-state index in [-0.39, 0.29) is 24.6 Å². The molecule has 1 amide bonds. The monoisotopic (exact) mass is 615 g/mol. The second kappa shape index (κ2) is 12.3. The normalized spacial score (nSPS) is 21.3. The highest BCUT2D eigenvalue weighted by atomic mass is 35.5. The molecule has 1 aromatic heterocycles. The van der Waals surface area contributed by atoms with E-state index >= 15 is 0 Å². The molecule has 3 fully saturated rings. The quantitative estimate of drug-likeness (QED) is 0.145. The molecule has 2 bridgehead atoms. The van der Waals surface area contributed by atoms with Gasteiger partial charge in [-0.15, -0.1) is 0 Å². The zero-order valence-electron chi connectivity index (χ0n) is 22.6. The molecule has 0 spiro atoms. The molecule has 41 heavy (non-hydrogen) atoms. The van der Waals surface area contributed by atoms with E-state index in [0.29, 0.717) is 57.1 Å². The first kappa shape index (κ1) is 28.4. The van der Waals surface area contributed by atoms with Crippen LogP contribution in [-0.4, -0.2) is 48.1 Å². The number of anilines is 1. The van der Waals surface area contributed by atoms with Crippen LogP contribution < -0.4 is 9.62 Å². The van der Waals surface area contributed by atoms with Gasteiger partial charge in [-0.2, -0.15) is 0 Å². The van der Waals surface area contributed by atoms with Gasteiger partial charge in [-0.1, -0.05) is 34.4 Å². The molecular formula is C30H31Cl2N3O5S. The Morgan fingerprint density at radius 1 is 1.12 bits per heavy atom. The van der Waals surface area contributed by atoms with Gasteiger partial charge in [0, 0.05) is 59.5 Å². The summed E-state index contributed by atoms with van der Waals surface area (Å²) in [6.07, 6.45) is 4.36. The fourth-order valence-corrected chi connectivity index (χ4v) is 6.97. The van der Waals surface area contributed by atoms with Crippen molar-refractivity contribution >= 4 is 52.7 Å². The summed E-state index contributed by atoms with van der Waals surface area (Å²) in [6, 6.07) is 13.6. The van der Waals surface area contributed by atoms with E-state index < -0.39 is 0 Å². The van der Waals surface area contributed by atoms with E-state index in [1.165, 1.54) is 18.9 Å². The number of nitrogens with one attached hydrogen (secondary N) is 1. The molecule has 0 radical (unpaired) electrons. The number of rotatable bonds is 11. The Morgan fingerprint density at radius 3 is 2.54 bits per heavy atom. The molecule has 216 valence electrons. The number of aromatic nitrogens is 1. The van der Waals surface area contributed by atoms with Crippen LogP contribution in [0, 0.1) is 5.92 Å². The maximum atomic E-state index is 12.4. The van der Waals surface area contributed by atoms with E-state index in [1.54, 1.807) is 0 Å². The van der Waals surface area contributed by atoms with Crippen LogP contribution in [0.2, 0.25) is 10.0 Å². The summed E-state index contributed by atoms with van der Waals surface area (Å²) in [6.45, 7) is 2.96. The molecule has 3 atom stereocenters. The minimum absolute atomic E-state index is 0.154. The van der Waals surface area contributed by atoms with Gasteiger partial charge in [-0.25, -0.2) is 0 Å². The van der Waals surface area contributed by atoms with Crippen LogP contribution in [-0.2, 0) is 20.9 Å². The van der Waals surface area contributed by atoms with Gasteiger partial charge in [-0.3, -0.25) is 14.3 Å². The highest BCUT2D eigenvalue weighted by Crippen LogP contribution is 2.47. The molecule has 1 N–H and O–H groups in total. The molecule has 2 aliphatic carbocycles. The standard InChI is InChI=1S/C30H31Cl2N3O5S/c1-17(36)38-11-12-41-34-30(37)19-7-9-21(10-8-19)35-15-20-13-22(35)14-26(20)39-16-23-28(33-40-29(23)18-5-6-18)27-24(31)3-2-4-25(27)32/h2-4,7-10,18,20,22,26H,5-6,11-16H2,1H3,(H,34,37)/t20-,22-,26+/m0/s1. The summed E-state index contributed by atoms with van der Waals surface area (Å²) in [4.78, 5) is 25.7. The zero-order valence-corrected chi connectivity index (χ0v) is 24.9. The maximum Gasteiger partial charge on any atom is 0.302 e. The number of hydrogen-bond acceptors (Lipinski definition) is 8. The Kier molecular flexibility index (Phi) is 8.49. The van der Waals surface area contributed by atoms with Gasteiger partial charge in [0.05, 0.1) is 22.8 Å². The zero-order chi connectivity index (χ0) is 28.5. The largest absolute Gasteiger partial charge is 0.465 e. The third kappa shape index (κ3) is 6.23. The number of esters is 1. The summed E-state index contributed by atoms with van der Waals surface area (Å²) in [5, 5.41) is 5.48. The van der Waals surface area contributed by atoms with E-state index in [0.717, 1.165) is 49.2 Å². The summed E-state index contributed by atoms with van der Waals surface area (Å²) in [5.41, 5.74) is 4.04. The van der Waals surface area contributed by atoms with Crippen molar-refractivity contribution in [3.8, 4) is 11.3 Å². The average molecular weight is 617 g/mol. The summed E-state index contributed by atoms with van der Waals surface area (Å²) >= 11 is 14.3. The fraction of sp³-hybridized carbons (Fsp3) is 0.433. The number of amides is 1. The topological polar surface area (TPSA) is 93.9 Å². The Bertz CT molecular complexity index is 1410. The van der Waals surface area contributed by atoms with Gasteiger partial charge in [0.15, 0.2) is 0 Å². The molecular weight excluding hydrogens is 585 g/mol. The van der Waals surface area contributed by atoms with E-state index in [4.69, 9.17) is 37.2 Å². The van der Waals surface area contributed by atoms with Gasteiger partial charge in [0.1, 0.15) is 18.1 Å². The molecule has 8 nitrogen and oxygen atoms in total. The van der Waals surface area contributed by atoms with Crippen molar-refractivity contribution in [2.45, 2.75) is 57.3 Å². The van der Waals surface area contributed by atoms with Gasteiger partial charge in [0.2, 0.25) is 0 Å². The van der Waals surface area contributed by atoms with Crippen LogP contribution in [0.4, 0.5) is 5.69 Å². The van der Waals surface area contributed by atoms with Crippen LogP contribution >= 0.6 is 35.1 Å². The predicted octanol–water partition coefficient (Wildman–Crippen LogP) is 6.65. The van der Waals surface area contributed by atoms with Crippen LogP contribution in [0.3, 0.4) is 0 Å². The summed E-state index contributed by atoms with van der Waals surface area (Å²) < 4.78 is 20.0. The smallest absolute Gasteiger partial charge is 0.302 e. The third-order valence-electron chi connectivity index (χ3n) is 8.00. The van der Waals surface area contributed by atoms with Crippen molar-refractivity contribution in [3.05, 3.63) is 69.4 Å². The van der Waals surface area contributed by atoms with Crippen molar-refractivity contribution in [1.82, 2.24) is 9.88 Å². The Balaban J connectivity index is 1.05. The lowest BCUT2D eigenvalue weighted by molar-refractivity contribution is -0.140. The van der Waals surface area contributed by atoms with Crippen LogP contribution in [0.5, 0.6) is 0 Å². The lowest BCUT2D eigenvalue weighted by atomic mass is 10.0. The van der Waals surface area contributed by atoms with E-state index in [9.17, 15) is 9.59 Å². The second-order valence-electron chi connectivity index (χ2n) is 10.8. The Morgan fingerprint density at radius 2 is 1.88 bits per heavy atom. The second-order valence-corrected chi connectivity index (χ2v) is 12.5. The summed E-state index contributed by atoms with van der Waals surface area (Å²) in [7, 11) is 0. The molecule has 0 unspecified atom stereocenters. The number of carbonyl (C=O) groups excluding carboxylic acids is 2. The van der Waals surface area contributed by atoms with Crippen molar-refractivity contribution in [1.29, 1.82) is 0 Å². The third-order valence-corrected chi connectivity index (χ3v) is 9.33. The van der Waals surface area contributed by atoms with Crippen LogP contribution in [0.25, 0.3) is 11.3 Å². The number of hydrogen-bond donors (Lipinski definition) is 1. The number of ether oxygens (including phenoxy) is 2. The maximum absolute atomic E-state index is 12.4. The van der Waals surface area contributed by atoms with Gasteiger partial charge >= 0.3 is 5.97 Å². The first-order valence-electron chi connectivity index (χ1n) is 13.9. The lowest BCUT2D eigenvalue weighted by Gasteiger charge is -2.33. The molecule has 3 aliphatic rings. The SMILES string of the molecule is CC(=O)OCCSNC(=O)c1ccc(N2C[C@@H]3C[C@H]2C[C@H]3OCc2c(-c3c(Cl)cccc3Cl)noc2C2CC2)cc1. The number of piperidine rings is 1. The minimum atomic E-state index is -0.327. The Labute approximate surface area is 253 Å². The van der Waals surface area contributed by atoms with Crippen molar-refractivity contribution in [3.63, 3.8) is 0 Å². The highest BCUT2D eigenvalue weighted by molar-refractivity contribution is 7.97. The highest BCUT2D eigenvalue weighted by Gasteiger charge is 2.45. The number of carbonyl (C=O) groups is 2. The van der Waals surface area contributed by atoms with Gasteiger partial charge in [0.25, 0.3) is 5.91 Å². The first-order chi connectivity index (χ1) is 19.9. The minimum Gasteiger partial charge on any atom is -0.465 e. The molecule has 1 saturated heterocycles. The molecule has 11 heteroatoms. The first-order valence-corrected chi connectivity index (χ1v) is 15.6. The van der Waals surface area contributed by atoms with Crippen LogP contribution in [0.1, 0.15) is 60.2 Å². The van der Waals surface area contributed by atoms with Crippen molar-refractivity contribution < 1.29 is 23.6 Å². The molecule has 1 aliphatic heterocycles. The molecule has 2 saturated carbocycles. The predicted molar refractivity (Wildman–Crippen MR) is 159 cm³/mol. The molecule has 2 aromatic carbocycles. The van der Waals surface area contributed by atoms with Crippen molar-refractivity contribution in [2.24, 2.45) is 5.92 Å². The lowest BCUT2D eigenvalue weighted by Crippen LogP contribution is -2.38. The van der Waals surface area contributed by atoms with Crippen molar-refractivity contribution in [2.75, 3.05) is 23.8 Å². The fourth-order valence-electron chi connectivity index (χ4n) is 5.87. The van der Waals surface area contributed by atoms with E-state index in [2.05, 4.69) is 14.8 Å². The summed E-state index contributed by atoms with van der Waals surface area (Å²) in [5.74, 6) is 1.71. The Hall–Kier alpha value is -2.72. The van der Waals surface area contributed by atoms with Crippen LogP contribution in [0.15, 0.2) is 47.0 Å². The number of nitrogens with zero attached hydrogens (tertiary/aromatic N) is 2. The number of halogens is 2. The average Bonchev–Trinajstić information content (AvgIpc) is 3.41.